The van der Waals surface area contributed by atoms with Crippen molar-refractivity contribution in [2.24, 2.45) is 5.73 Å². The highest BCUT2D eigenvalue weighted by Crippen LogP contribution is 2.05. The van der Waals surface area contributed by atoms with Crippen LogP contribution >= 0.6 is 0 Å². The quantitative estimate of drug-likeness (QED) is 0.516. The van der Waals surface area contributed by atoms with Gasteiger partial charge >= 0.3 is 0 Å². The molecule has 4 N–H and O–H groups in total. The Hall–Kier alpha value is -1.52. The first-order valence-corrected chi connectivity index (χ1v) is 4.08. The van der Waals surface area contributed by atoms with Crippen LogP contribution in [0.3, 0.4) is 0 Å². The first-order valence-electron chi connectivity index (χ1n) is 4.08. The third-order valence-electron chi connectivity index (χ3n) is 1.92. The monoisotopic (exact) mass is 183 g/mol. The normalized spacial score (nSPS) is 23.4. The summed E-state index contributed by atoms with van der Waals surface area (Å²) in [5.41, 5.74) is 5.77. The summed E-state index contributed by atoms with van der Waals surface area (Å²) in [5, 5.41) is 5.53. The predicted octanol–water partition coefficient (Wildman–Crippen LogP) is -1.15. The topological polar surface area (TPSA) is 84.2 Å². The van der Waals surface area contributed by atoms with Crippen LogP contribution in [0.1, 0.15) is 13.8 Å². The summed E-state index contributed by atoms with van der Waals surface area (Å²) in [4.78, 5) is 21.6. The largest absolute Gasteiger partial charge is 0.375 e. The minimum absolute atomic E-state index is 0.0747. The van der Waals surface area contributed by atoms with Crippen LogP contribution in [0.25, 0.3) is 0 Å². The van der Waals surface area contributed by atoms with Crippen LogP contribution in [0.15, 0.2) is 11.8 Å². The van der Waals surface area contributed by atoms with Crippen molar-refractivity contribution < 1.29 is 9.59 Å². The van der Waals surface area contributed by atoms with Crippen LogP contribution in [0.2, 0.25) is 0 Å². The number of nitrogens with one attached hydrogen (secondary N) is 2. The average Bonchev–Trinajstić information content (AvgIpc) is 2.30. The lowest BCUT2D eigenvalue weighted by molar-refractivity contribution is -0.119. The van der Waals surface area contributed by atoms with Crippen LogP contribution in [0.4, 0.5) is 0 Å². The summed E-state index contributed by atoms with van der Waals surface area (Å²) in [6.07, 6.45) is 1.43. The van der Waals surface area contributed by atoms with E-state index in [0.29, 0.717) is 5.70 Å². The molecule has 0 aromatic rings. The number of carbonyl (C=O) groups is 2. The van der Waals surface area contributed by atoms with Gasteiger partial charge in [-0.1, -0.05) is 0 Å². The fraction of sp³-hybridized carbons (Fsp3) is 0.500. The van der Waals surface area contributed by atoms with Gasteiger partial charge in [0.1, 0.15) is 6.04 Å². The summed E-state index contributed by atoms with van der Waals surface area (Å²) in [6, 6.07) is -0.532. The lowest BCUT2D eigenvalue weighted by Crippen LogP contribution is -2.41. The zero-order valence-corrected chi connectivity index (χ0v) is 7.63. The molecule has 5 heteroatoms. The standard InChI is InChI=1S/C8H13N3O2/c1-4-6(3-7(12)11-4)10-5(2)8(9)13/h3-5,10H,1-2H3,(H2,9,13)(H,11,12)/t4-,5-/m0/s1. The minimum atomic E-state index is -0.457. The van der Waals surface area contributed by atoms with Crippen molar-refractivity contribution in [3.8, 4) is 0 Å². The maximum atomic E-state index is 10.9. The van der Waals surface area contributed by atoms with Gasteiger partial charge in [-0.2, -0.15) is 0 Å². The first kappa shape index (κ1) is 9.57. The van der Waals surface area contributed by atoms with Crippen molar-refractivity contribution in [2.75, 3.05) is 0 Å². The smallest absolute Gasteiger partial charge is 0.246 e. The Morgan fingerprint density at radius 2 is 2.38 bits per heavy atom. The van der Waals surface area contributed by atoms with E-state index in [4.69, 9.17) is 5.73 Å². The molecule has 0 fully saturated rings. The van der Waals surface area contributed by atoms with Crippen LogP contribution in [-0.2, 0) is 9.59 Å². The number of carbonyl (C=O) groups excluding carboxylic acids is 2. The summed E-state index contributed by atoms with van der Waals surface area (Å²) in [5.74, 6) is -0.584. The van der Waals surface area contributed by atoms with Crippen molar-refractivity contribution in [1.29, 1.82) is 0 Å². The predicted molar refractivity (Wildman–Crippen MR) is 47.5 cm³/mol. The second-order valence-corrected chi connectivity index (χ2v) is 3.10. The molecular formula is C8H13N3O2. The molecule has 0 aromatic heterocycles. The second-order valence-electron chi connectivity index (χ2n) is 3.10. The van der Waals surface area contributed by atoms with Gasteiger partial charge in [-0.05, 0) is 13.8 Å². The van der Waals surface area contributed by atoms with E-state index in [-0.39, 0.29) is 11.9 Å². The third-order valence-corrected chi connectivity index (χ3v) is 1.92. The Morgan fingerprint density at radius 1 is 1.77 bits per heavy atom. The zero-order valence-electron chi connectivity index (χ0n) is 7.63. The molecule has 1 aliphatic rings. The van der Waals surface area contributed by atoms with Crippen molar-refractivity contribution in [2.45, 2.75) is 25.9 Å². The zero-order chi connectivity index (χ0) is 10.0. The minimum Gasteiger partial charge on any atom is -0.375 e. The molecule has 0 aliphatic carbocycles. The maximum absolute atomic E-state index is 10.9. The van der Waals surface area contributed by atoms with E-state index in [1.807, 2.05) is 6.92 Å². The molecule has 2 atom stereocenters. The average molecular weight is 183 g/mol. The number of rotatable bonds is 3. The van der Waals surface area contributed by atoms with Crippen molar-refractivity contribution in [3.63, 3.8) is 0 Å². The molecule has 0 spiro atoms. The fourth-order valence-electron chi connectivity index (χ4n) is 1.09. The molecule has 5 nitrogen and oxygen atoms in total. The third kappa shape index (κ3) is 2.21. The Balaban J connectivity index is 2.59. The van der Waals surface area contributed by atoms with Gasteiger partial charge < -0.3 is 16.4 Å². The number of hydrogen-bond donors (Lipinski definition) is 3. The number of hydrogen-bond acceptors (Lipinski definition) is 3. The SMILES string of the molecule is C[C@H](NC1=CC(=O)N[C@H]1C)C(N)=O. The van der Waals surface area contributed by atoms with Gasteiger partial charge in [-0.3, -0.25) is 9.59 Å². The van der Waals surface area contributed by atoms with E-state index < -0.39 is 11.9 Å². The Labute approximate surface area is 76.4 Å². The van der Waals surface area contributed by atoms with Crippen LogP contribution in [0.5, 0.6) is 0 Å². The first-order chi connectivity index (χ1) is 6.00. The molecule has 1 heterocycles. The highest BCUT2D eigenvalue weighted by Gasteiger charge is 2.21. The van der Waals surface area contributed by atoms with Gasteiger partial charge in [0, 0.05) is 11.8 Å². The fourth-order valence-corrected chi connectivity index (χ4v) is 1.09. The number of nitrogens with two attached hydrogens (primary N) is 1. The molecule has 1 aliphatic heterocycles. The molecule has 0 bridgehead atoms. The number of amides is 2. The lowest BCUT2D eigenvalue weighted by atomic mass is 10.2. The van der Waals surface area contributed by atoms with Crippen LogP contribution in [-0.4, -0.2) is 23.9 Å². The molecule has 0 aromatic carbocycles. The highest BCUT2D eigenvalue weighted by molar-refractivity contribution is 5.91. The van der Waals surface area contributed by atoms with Crippen molar-refractivity contribution >= 4 is 11.8 Å². The van der Waals surface area contributed by atoms with Crippen LogP contribution < -0.4 is 16.4 Å². The Morgan fingerprint density at radius 3 is 2.77 bits per heavy atom. The molecule has 0 saturated carbocycles. The van der Waals surface area contributed by atoms with Crippen molar-refractivity contribution in [3.05, 3.63) is 11.8 Å². The van der Waals surface area contributed by atoms with Gasteiger partial charge in [0.25, 0.3) is 0 Å². The van der Waals surface area contributed by atoms with E-state index >= 15 is 0 Å². The second kappa shape index (κ2) is 3.47. The highest BCUT2D eigenvalue weighted by atomic mass is 16.2. The van der Waals surface area contributed by atoms with E-state index in [1.165, 1.54) is 6.08 Å². The molecule has 1 rings (SSSR count). The van der Waals surface area contributed by atoms with E-state index in [0.717, 1.165) is 0 Å². The molecule has 13 heavy (non-hydrogen) atoms. The van der Waals surface area contributed by atoms with Gasteiger partial charge in [0.15, 0.2) is 0 Å². The van der Waals surface area contributed by atoms with Gasteiger partial charge in [0.2, 0.25) is 11.8 Å². The molecule has 72 valence electrons. The Kier molecular flexibility index (Phi) is 2.55. The molecular weight excluding hydrogens is 170 g/mol. The Bertz CT molecular complexity index is 273. The van der Waals surface area contributed by atoms with E-state index in [2.05, 4.69) is 10.6 Å². The van der Waals surface area contributed by atoms with E-state index in [1.54, 1.807) is 6.92 Å². The van der Waals surface area contributed by atoms with Crippen LogP contribution in [0, 0.1) is 0 Å². The lowest BCUT2D eigenvalue weighted by Gasteiger charge is -2.15. The van der Waals surface area contributed by atoms with Gasteiger partial charge in [-0.15, -0.1) is 0 Å². The number of primary amides is 1. The summed E-state index contributed by atoms with van der Waals surface area (Å²) >= 11 is 0. The van der Waals surface area contributed by atoms with Gasteiger partial charge in [-0.25, -0.2) is 0 Å². The molecule has 0 saturated heterocycles. The summed E-state index contributed by atoms with van der Waals surface area (Å²) < 4.78 is 0. The van der Waals surface area contributed by atoms with Gasteiger partial charge in [0.05, 0.1) is 6.04 Å². The summed E-state index contributed by atoms with van der Waals surface area (Å²) in [6.45, 7) is 3.48. The maximum Gasteiger partial charge on any atom is 0.246 e. The molecule has 2 amide bonds. The summed E-state index contributed by atoms with van der Waals surface area (Å²) in [7, 11) is 0. The molecule has 0 radical (unpaired) electrons. The van der Waals surface area contributed by atoms with Crippen molar-refractivity contribution in [1.82, 2.24) is 10.6 Å². The van der Waals surface area contributed by atoms with E-state index in [9.17, 15) is 9.59 Å². The molecule has 0 unspecified atom stereocenters.